The van der Waals surface area contributed by atoms with Crippen LogP contribution in [0.25, 0.3) is 0 Å². The minimum absolute atomic E-state index is 0. The average molecular weight is 332 g/mol. The summed E-state index contributed by atoms with van der Waals surface area (Å²) in [5.41, 5.74) is -0.639. The minimum Gasteiger partial charge on any atom is -0.504 e. The lowest BCUT2D eigenvalue weighted by molar-refractivity contribution is -0.386. The third kappa shape index (κ3) is 4.30. The van der Waals surface area contributed by atoms with E-state index < -0.39 is 22.1 Å². The first-order valence-corrected chi connectivity index (χ1v) is 6.65. The standard InChI is InChI=1S/C13H17N3O5.ClH/c17-11(2-5-15-4-1-3-14-8-15)9-6-10(16(20)21)13(19)12(18)7-9;/h6-7,14,18-19H,1-5,8H2;1H. The van der Waals surface area contributed by atoms with E-state index in [1.165, 1.54) is 0 Å². The van der Waals surface area contributed by atoms with Gasteiger partial charge >= 0.3 is 5.69 Å². The number of nitro groups is 1. The maximum atomic E-state index is 12.1. The summed E-state index contributed by atoms with van der Waals surface area (Å²) in [5, 5.41) is 32.8. The number of hydrogen-bond donors (Lipinski definition) is 3. The van der Waals surface area contributed by atoms with E-state index >= 15 is 0 Å². The van der Waals surface area contributed by atoms with Crippen molar-refractivity contribution in [1.29, 1.82) is 0 Å². The number of Topliss-reactive ketones (excluding diaryl/α,β-unsaturated/α-hetero) is 1. The first kappa shape index (κ1) is 18.1. The molecule has 0 unspecified atom stereocenters. The number of aromatic hydroxyl groups is 2. The van der Waals surface area contributed by atoms with Crippen LogP contribution in [0.4, 0.5) is 5.69 Å². The van der Waals surface area contributed by atoms with Gasteiger partial charge in [-0.05, 0) is 19.0 Å². The monoisotopic (exact) mass is 331 g/mol. The molecule has 0 atom stereocenters. The number of nitrogens with zero attached hydrogens (tertiary/aromatic N) is 2. The Kier molecular flexibility index (Phi) is 6.54. The molecular formula is C13H18ClN3O5. The normalized spacial score (nSPS) is 15.1. The van der Waals surface area contributed by atoms with Crippen molar-refractivity contribution in [1.82, 2.24) is 10.2 Å². The van der Waals surface area contributed by atoms with Crippen LogP contribution in [0.5, 0.6) is 11.5 Å². The lowest BCUT2D eigenvalue weighted by Gasteiger charge is -2.26. The second-order valence-electron chi connectivity index (χ2n) is 4.92. The summed E-state index contributed by atoms with van der Waals surface area (Å²) in [4.78, 5) is 24.1. The van der Waals surface area contributed by atoms with E-state index in [9.17, 15) is 25.1 Å². The molecule has 0 saturated carbocycles. The smallest absolute Gasteiger partial charge is 0.315 e. The third-order valence-corrected chi connectivity index (χ3v) is 3.41. The van der Waals surface area contributed by atoms with Gasteiger partial charge < -0.3 is 15.5 Å². The fourth-order valence-electron chi connectivity index (χ4n) is 2.24. The summed E-state index contributed by atoms with van der Waals surface area (Å²) in [5.74, 6) is -1.79. The predicted octanol–water partition coefficient (Wildman–Crippen LogP) is 1.25. The number of phenols is 2. The fraction of sp³-hybridized carbons (Fsp3) is 0.462. The summed E-state index contributed by atoms with van der Waals surface area (Å²) in [6.45, 7) is 3.12. The van der Waals surface area contributed by atoms with Crippen LogP contribution in [0.1, 0.15) is 23.2 Å². The first-order valence-electron chi connectivity index (χ1n) is 6.65. The zero-order chi connectivity index (χ0) is 15.4. The summed E-state index contributed by atoms with van der Waals surface area (Å²) in [6, 6.07) is 2.05. The van der Waals surface area contributed by atoms with Crippen LogP contribution in [0.3, 0.4) is 0 Å². The number of benzene rings is 1. The topological polar surface area (TPSA) is 116 Å². The van der Waals surface area contributed by atoms with Gasteiger partial charge in [0.2, 0.25) is 5.75 Å². The molecule has 9 heteroatoms. The van der Waals surface area contributed by atoms with Crippen molar-refractivity contribution < 1.29 is 19.9 Å². The van der Waals surface area contributed by atoms with Gasteiger partial charge in [0, 0.05) is 37.8 Å². The molecule has 1 aromatic carbocycles. The number of ketones is 1. The Hall–Kier alpha value is -1.90. The van der Waals surface area contributed by atoms with E-state index in [0.29, 0.717) is 13.2 Å². The van der Waals surface area contributed by atoms with E-state index in [0.717, 1.165) is 31.6 Å². The number of hydrogen-bond acceptors (Lipinski definition) is 7. The minimum atomic E-state index is -0.833. The molecule has 1 aromatic rings. The molecule has 1 aliphatic rings. The lowest BCUT2D eigenvalue weighted by Crippen LogP contribution is -2.42. The highest BCUT2D eigenvalue weighted by Gasteiger charge is 2.22. The number of halogens is 1. The number of carbonyl (C=O) groups is 1. The predicted molar refractivity (Wildman–Crippen MR) is 81.7 cm³/mol. The molecule has 0 amide bonds. The van der Waals surface area contributed by atoms with Crippen LogP contribution in [0, 0.1) is 10.1 Å². The lowest BCUT2D eigenvalue weighted by atomic mass is 10.1. The van der Waals surface area contributed by atoms with Gasteiger partial charge in [0.05, 0.1) is 4.92 Å². The van der Waals surface area contributed by atoms with Gasteiger partial charge in [-0.3, -0.25) is 19.8 Å². The quantitative estimate of drug-likeness (QED) is 0.322. The Morgan fingerprint density at radius 1 is 1.41 bits per heavy atom. The van der Waals surface area contributed by atoms with Crippen molar-refractivity contribution in [3.8, 4) is 11.5 Å². The average Bonchev–Trinajstić information content (AvgIpc) is 2.48. The molecule has 3 N–H and O–H groups in total. The van der Waals surface area contributed by atoms with Crippen LogP contribution >= 0.6 is 12.4 Å². The van der Waals surface area contributed by atoms with Crippen LogP contribution in [0.2, 0.25) is 0 Å². The Morgan fingerprint density at radius 2 is 2.14 bits per heavy atom. The summed E-state index contributed by atoms with van der Waals surface area (Å²) < 4.78 is 0. The van der Waals surface area contributed by atoms with Gasteiger partial charge in [-0.2, -0.15) is 0 Å². The van der Waals surface area contributed by atoms with E-state index in [1.807, 2.05) is 0 Å². The first-order chi connectivity index (χ1) is 9.99. The number of phenolic OH excluding ortho intramolecular Hbond substituents is 2. The molecule has 22 heavy (non-hydrogen) atoms. The molecule has 0 aliphatic carbocycles. The van der Waals surface area contributed by atoms with Gasteiger partial charge in [-0.15, -0.1) is 12.4 Å². The van der Waals surface area contributed by atoms with Gasteiger partial charge in [-0.1, -0.05) is 0 Å². The van der Waals surface area contributed by atoms with Crippen molar-refractivity contribution in [2.24, 2.45) is 0 Å². The fourth-order valence-corrected chi connectivity index (χ4v) is 2.24. The Bertz CT molecular complexity index is 561. The largest absolute Gasteiger partial charge is 0.504 e. The SMILES string of the molecule is Cl.O=C(CCN1CCCNC1)c1cc(O)c(O)c([N+](=O)[O-])c1. The van der Waals surface area contributed by atoms with Gasteiger partial charge in [-0.25, -0.2) is 0 Å². The van der Waals surface area contributed by atoms with Crippen molar-refractivity contribution in [3.05, 3.63) is 27.8 Å². The highest BCUT2D eigenvalue weighted by Crippen LogP contribution is 2.36. The molecule has 1 saturated heterocycles. The van der Waals surface area contributed by atoms with Crippen molar-refractivity contribution in [3.63, 3.8) is 0 Å². The van der Waals surface area contributed by atoms with Crippen LogP contribution in [-0.2, 0) is 0 Å². The molecule has 2 rings (SSSR count). The van der Waals surface area contributed by atoms with E-state index in [4.69, 9.17) is 0 Å². The van der Waals surface area contributed by atoms with Crippen molar-refractivity contribution in [2.75, 3.05) is 26.3 Å². The number of carbonyl (C=O) groups excluding carboxylic acids is 1. The molecule has 0 spiro atoms. The molecule has 1 aliphatic heterocycles. The molecule has 8 nitrogen and oxygen atoms in total. The molecule has 0 bridgehead atoms. The maximum absolute atomic E-state index is 12.1. The zero-order valence-electron chi connectivity index (χ0n) is 11.8. The maximum Gasteiger partial charge on any atom is 0.315 e. The molecule has 122 valence electrons. The summed E-state index contributed by atoms with van der Waals surface area (Å²) in [6.07, 6.45) is 1.21. The van der Waals surface area contributed by atoms with Gasteiger partial charge in [0.1, 0.15) is 0 Å². The zero-order valence-corrected chi connectivity index (χ0v) is 12.6. The van der Waals surface area contributed by atoms with Crippen LogP contribution in [-0.4, -0.2) is 52.1 Å². The van der Waals surface area contributed by atoms with E-state index in [2.05, 4.69) is 10.2 Å². The molecule has 1 heterocycles. The van der Waals surface area contributed by atoms with Crippen molar-refractivity contribution in [2.45, 2.75) is 12.8 Å². The highest BCUT2D eigenvalue weighted by molar-refractivity contribution is 5.97. The van der Waals surface area contributed by atoms with Gasteiger partial charge in [0.25, 0.3) is 0 Å². The summed E-state index contributed by atoms with van der Waals surface area (Å²) in [7, 11) is 0. The van der Waals surface area contributed by atoms with E-state index in [1.54, 1.807) is 0 Å². The van der Waals surface area contributed by atoms with Crippen molar-refractivity contribution >= 4 is 23.9 Å². The number of rotatable bonds is 5. The molecule has 0 radical (unpaired) electrons. The van der Waals surface area contributed by atoms with Crippen LogP contribution < -0.4 is 5.32 Å². The Balaban J connectivity index is 0.00000242. The van der Waals surface area contributed by atoms with Crippen LogP contribution in [0.15, 0.2) is 12.1 Å². The molecule has 1 fully saturated rings. The third-order valence-electron chi connectivity index (χ3n) is 3.41. The Morgan fingerprint density at radius 3 is 2.73 bits per heavy atom. The second kappa shape index (κ2) is 7.92. The highest BCUT2D eigenvalue weighted by atomic mass is 35.5. The number of nitrogens with one attached hydrogen (secondary N) is 1. The summed E-state index contributed by atoms with van der Waals surface area (Å²) >= 11 is 0. The molecule has 0 aromatic heterocycles. The van der Waals surface area contributed by atoms with Gasteiger partial charge in [0.15, 0.2) is 11.5 Å². The molecular weight excluding hydrogens is 314 g/mol. The Labute approximate surface area is 133 Å². The number of nitro benzene ring substituents is 1. The second-order valence-corrected chi connectivity index (χ2v) is 4.92. The van der Waals surface area contributed by atoms with E-state index in [-0.39, 0.29) is 30.2 Å².